The molecule has 0 amide bonds. The van der Waals surface area contributed by atoms with E-state index >= 15 is 0 Å². The number of hydrogen-bond acceptors (Lipinski definition) is 4. The minimum atomic E-state index is -0.231. The van der Waals surface area contributed by atoms with Crippen molar-refractivity contribution < 1.29 is 5.11 Å². The summed E-state index contributed by atoms with van der Waals surface area (Å²) in [5.74, 6) is 0. The van der Waals surface area contributed by atoms with Gasteiger partial charge in [0, 0.05) is 12.7 Å². The molecule has 1 aromatic heterocycles. The fourth-order valence-corrected chi connectivity index (χ4v) is 1.15. The van der Waals surface area contributed by atoms with Gasteiger partial charge >= 0.3 is 0 Å². The maximum absolute atomic E-state index is 9.32. The van der Waals surface area contributed by atoms with E-state index in [4.69, 9.17) is 5.73 Å². The molecule has 0 radical (unpaired) electrons. The van der Waals surface area contributed by atoms with E-state index in [-0.39, 0.29) is 6.10 Å². The molecule has 14 heavy (non-hydrogen) atoms. The first-order valence-corrected chi connectivity index (χ1v) is 4.85. The molecule has 0 aliphatic carbocycles. The third-order valence-corrected chi connectivity index (χ3v) is 2.12. The third kappa shape index (κ3) is 3.22. The van der Waals surface area contributed by atoms with Crippen LogP contribution in [0.3, 0.4) is 0 Å². The molecule has 0 spiro atoms. The first-order valence-electron chi connectivity index (χ1n) is 4.85. The second-order valence-corrected chi connectivity index (χ2v) is 3.24. The van der Waals surface area contributed by atoms with Crippen LogP contribution >= 0.6 is 0 Å². The smallest absolute Gasteiger partial charge is 0.0736 e. The quantitative estimate of drug-likeness (QED) is 0.661. The zero-order chi connectivity index (χ0) is 10.4. The van der Waals surface area contributed by atoms with Gasteiger partial charge in [-0.3, -0.25) is 4.98 Å². The van der Waals surface area contributed by atoms with Gasteiger partial charge in [-0.15, -0.1) is 0 Å². The van der Waals surface area contributed by atoms with Crippen LogP contribution in [0.25, 0.3) is 0 Å². The topological polar surface area (TPSA) is 71.2 Å². The highest BCUT2D eigenvalue weighted by Crippen LogP contribution is 2.14. The molecule has 1 heterocycles. The summed E-state index contributed by atoms with van der Waals surface area (Å²) in [6.45, 7) is 2.69. The van der Waals surface area contributed by atoms with Gasteiger partial charge in [-0.2, -0.15) is 0 Å². The van der Waals surface area contributed by atoms with E-state index in [0.29, 0.717) is 5.69 Å². The molecule has 1 aromatic rings. The first kappa shape index (κ1) is 10.8. The highest BCUT2D eigenvalue weighted by Gasteiger charge is 2.01. The summed E-state index contributed by atoms with van der Waals surface area (Å²) < 4.78 is 0. The number of rotatable bonds is 5. The molecule has 4 N–H and O–H groups in total. The predicted octanol–water partition coefficient (Wildman–Crippen LogP) is 1.24. The Morgan fingerprint density at radius 3 is 3.07 bits per heavy atom. The molecule has 0 fully saturated rings. The van der Waals surface area contributed by atoms with Crippen LogP contribution in [0.1, 0.15) is 19.8 Å². The standard InChI is InChI=1S/C10H17N3O/c1-2-8(14)3-6-13-10-4-5-12-7-9(10)11/h4-5,7-8,14H,2-3,6,11H2,1H3,(H,12,13). The summed E-state index contributed by atoms with van der Waals surface area (Å²) in [6.07, 6.45) is 4.59. The molecule has 0 aromatic carbocycles. The Morgan fingerprint density at radius 2 is 2.43 bits per heavy atom. The Balaban J connectivity index is 2.35. The maximum Gasteiger partial charge on any atom is 0.0736 e. The van der Waals surface area contributed by atoms with Crippen molar-refractivity contribution in [2.75, 3.05) is 17.6 Å². The minimum Gasteiger partial charge on any atom is -0.396 e. The van der Waals surface area contributed by atoms with Crippen molar-refractivity contribution in [2.24, 2.45) is 0 Å². The lowest BCUT2D eigenvalue weighted by molar-refractivity contribution is 0.164. The van der Waals surface area contributed by atoms with E-state index in [2.05, 4.69) is 10.3 Å². The van der Waals surface area contributed by atoms with Crippen molar-refractivity contribution in [3.8, 4) is 0 Å². The van der Waals surface area contributed by atoms with Gasteiger partial charge in [-0.1, -0.05) is 6.92 Å². The zero-order valence-electron chi connectivity index (χ0n) is 8.40. The van der Waals surface area contributed by atoms with Gasteiger partial charge in [0.05, 0.1) is 23.7 Å². The second-order valence-electron chi connectivity index (χ2n) is 3.24. The minimum absolute atomic E-state index is 0.231. The van der Waals surface area contributed by atoms with Crippen LogP contribution in [0.15, 0.2) is 18.5 Å². The fraction of sp³-hybridized carbons (Fsp3) is 0.500. The molecule has 1 rings (SSSR count). The molecule has 78 valence electrons. The molecule has 0 aliphatic rings. The number of nitrogen functional groups attached to an aromatic ring is 1. The Labute approximate surface area is 84.2 Å². The molecular formula is C10H17N3O. The number of aromatic nitrogens is 1. The first-order chi connectivity index (χ1) is 6.74. The summed E-state index contributed by atoms with van der Waals surface area (Å²) in [6, 6.07) is 1.83. The summed E-state index contributed by atoms with van der Waals surface area (Å²) in [4.78, 5) is 3.89. The van der Waals surface area contributed by atoms with Gasteiger partial charge in [-0.05, 0) is 18.9 Å². The van der Waals surface area contributed by atoms with Crippen molar-refractivity contribution in [3.05, 3.63) is 18.5 Å². The van der Waals surface area contributed by atoms with E-state index in [9.17, 15) is 5.11 Å². The number of aliphatic hydroxyl groups is 1. The number of anilines is 2. The van der Waals surface area contributed by atoms with Crippen molar-refractivity contribution in [1.82, 2.24) is 4.98 Å². The molecule has 0 saturated heterocycles. The number of hydrogen-bond donors (Lipinski definition) is 3. The highest BCUT2D eigenvalue weighted by molar-refractivity contribution is 5.64. The largest absolute Gasteiger partial charge is 0.396 e. The van der Waals surface area contributed by atoms with Crippen LogP contribution in [0.2, 0.25) is 0 Å². The van der Waals surface area contributed by atoms with Crippen LogP contribution in [-0.2, 0) is 0 Å². The van der Waals surface area contributed by atoms with Gasteiger partial charge in [0.1, 0.15) is 0 Å². The molecular weight excluding hydrogens is 178 g/mol. The van der Waals surface area contributed by atoms with E-state index < -0.39 is 0 Å². The van der Waals surface area contributed by atoms with E-state index in [1.807, 2.05) is 13.0 Å². The van der Waals surface area contributed by atoms with Crippen LogP contribution < -0.4 is 11.1 Å². The molecule has 0 saturated carbocycles. The monoisotopic (exact) mass is 195 g/mol. The number of aliphatic hydroxyl groups excluding tert-OH is 1. The SMILES string of the molecule is CCC(O)CCNc1ccncc1N. The summed E-state index contributed by atoms with van der Waals surface area (Å²) >= 11 is 0. The van der Waals surface area contributed by atoms with Gasteiger partial charge in [0.15, 0.2) is 0 Å². The van der Waals surface area contributed by atoms with Crippen LogP contribution in [0.4, 0.5) is 11.4 Å². The molecule has 1 unspecified atom stereocenters. The molecule has 4 heteroatoms. The Bertz CT molecular complexity index is 278. The average Bonchev–Trinajstić information content (AvgIpc) is 2.20. The molecule has 1 atom stereocenters. The number of nitrogens with two attached hydrogens (primary N) is 1. The molecule has 0 bridgehead atoms. The summed E-state index contributed by atoms with van der Waals surface area (Å²) in [7, 11) is 0. The van der Waals surface area contributed by atoms with Gasteiger partial charge in [0.2, 0.25) is 0 Å². The Morgan fingerprint density at radius 1 is 1.64 bits per heavy atom. The van der Waals surface area contributed by atoms with E-state index in [1.54, 1.807) is 12.4 Å². The van der Waals surface area contributed by atoms with Crippen molar-refractivity contribution >= 4 is 11.4 Å². The lowest BCUT2D eigenvalue weighted by atomic mass is 10.2. The van der Waals surface area contributed by atoms with Crippen LogP contribution in [0.5, 0.6) is 0 Å². The molecule has 4 nitrogen and oxygen atoms in total. The third-order valence-electron chi connectivity index (χ3n) is 2.12. The van der Waals surface area contributed by atoms with Crippen LogP contribution in [-0.4, -0.2) is 22.7 Å². The highest BCUT2D eigenvalue weighted by atomic mass is 16.3. The average molecular weight is 195 g/mol. The van der Waals surface area contributed by atoms with Crippen molar-refractivity contribution in [1.29, 1.82) is 0 Å². The summed E-state index contributed by atoms with van der Waals surface area (Å²) in [5, 5.41) is 12.5. The Hall–Kier alpha value is -1.29. The molecule has 0 aliphatic heterocycles. The Kier molecular flexibility index (Phi) is 4.19. The fourth-order valence-electron chi connectivity index (χ4n) is 1.15. The van der Waals surface area contributed by atoms with Crippen LogP contribution in [0, 0.1) is 0 Å². The number of nitrogens with one attached hydrogen (secondary N) is 1. The van der Waals surface area contributed by atoms with E-state index in [1.165, 1.54) is 0 Å². The van der Waals surface area contributed by atoms with Crippen molar-refractivity contribution in [3.63, 3.8) is 0 Å². The predicted molar refractivity (Wildman–Crippen MR) is 58.1 cm³/mol. The van der Waals surface area contributed by atoms with Gasteiger partial charge < -0.3 is 16.2 Å². The van der Waals surface area contributed by atoms with Gasteiger partial charge in [0.25, 0.3) is 0 Å². The normalized spacial score (nSPS) is 12.4. The summed E-state index contributed by atoms with van der Waals surface area (Å²) in [5.41, 5.74) is 7.20. The van der Waals surface area contributed by atoms with Crippen molar-refractivity contribution in [2.45, 2.75) is 25.9 Å². The zero-order valence-corrected chi connectivity index (χ0v) is 8.40. The van der Waals surface area contributed by atoms with E-state index in [0.717, 1.165) is 25.1 Å². The second kappa shape index (κ2) is 5.44. The number of pyridine rings is 1. The van der Waals surface area contributed by atoms with Gasteiger partial charge in [-0.25, -0.2) is 0 Å². The lowest BCUT2D eigenvalue weighted by Crippen LogP contribution is -2.12. The number of nitrogens with zero attached hydrogens (tertiary/aromatic N) is 1. The maximum atomic E-state index is 9.32. The lowest BCUT2D eigenvalue weighted by Gasteiger charge is -2.10.